The Labute approximate surface area is 233 Å². The fraction of sp³-hybridized carbons (Fsp3) is 0.593. The number of nitrogens with one attached hydrogen (secondary N) is 3. The van der Waals surface area contributed by atoms with Gasteiger partial charge in [0, 0.05) is 36.6 Å². The van der Waals surface area contributed by atoms with Crippen molar-refractivity contribution in [3.05, 3.63) is 29.8 Å². The Bertz CT molecular complexity index is 940. The number of ether oxygens (including phenoxy) is 1. The second-order valence-corrected chi connectivity index (χ2v) is 11.4. The van der Waals surface area contributed by atoms with Crippen LogP contribution in [0.2, 0.25) is 0 Å². The van der Waals surface area contributed by atoms with Gasteiger partial charge in [0.1, 0.15) is 0 Å². The van der Waals surface area contributed by atoms with E-state index < -0.39 is 17.9 Å². The highest BCUT2D eigenvalue weighted by molar-refractivity contribution is 14.1. The van der Waals surface area contributed by atoms with E-state index in [1.807, 2.05) is 57.2 Å². The molecule has 0 saturated heterocycles. The van der Waals surface area contributed by atoms with Crippen molar-refractivity contribution < 1.29 is 28.7 Å². The molecule has 0 spiro atoms. The van der Waals surface area contributed by atoms with Crippen molar-refractivity contribution in [2.45, 2.75) is 66.8 Å². The lowest BCUT2D eigenvalue weighted by molar-refractivity contribution is -0.146. The minimum Gasteiger partial charge on any atom is -0.465 e. The van der Waals surface area contributed by atoms with Gasteiger partial charge in [0.2, 0.25) is 11.8 Å². The molecule has 1 rings (SSSR count). The second kappa shape index (κ2) is 15.7. The SMILES string of the molecule is CC(C)[C@H](NC(=O)c1ccc(NC(=O)CI)cc1)C(=O)C[C@@H](C)C(=O)NCCCC(=O)OCC(C)(C)C. The molecule has 37 heavy (non-hydrogen) atoms. The maximum absolute atomic E-state index is 12.9. The Morgan fingerprint density at radius 1 is 1.00 bits per heavy atom. The number of Topliss-reactive ketones (excluding diaryl/α,β-unsaturated/α-hetero) is 1. The van der Waals surface area contributed by atoms with Gasteiger partial charge in [-0.05, 0) is 42.0 Å². The molecule has 0 saturated carbocycles. The molecular formula is C27H40IN3O6. The molecule has 9 nitrogen and oxygen atoms in total. The van der Waals surface area contributed by atoms with Crippen molar-refractivity contribution in [3.63, 3.8) is 0 Å². The van der Waals surface area contributed by atoms with Gasteiger partial charge in [-0.3, -0.25) is 24.0 Å². The van der Waals surface area contributed by atoms with Gasteiger partial charge in [-0.25, -0.2) is 0 Å². The van der Waals surface area contributed by atoms with Crippen molar-refractivity contribution in [1.29, 1.82) is 0 Å². The van der Waals surface area contributed by atoms with E-state index in [1.54, 1.807) is 31.2 Å². The number of hydrogen-bond donors (Lipinski definition) is 3. The molecule has 0 bridgehead atoms. The number of benzene rings is 1. The molecule has 0 aliphatic heterocycles. The largest absolute Gasteiger partial charge is 0.465 e. The van der Waals surface area contributed by atoms with Crippen LogP contribution >= 0.6 is 22.6 Å². The highest BCUT2D eigenvalue weighted by atomic mass is 127. The normalized spacial score (nSPS) is 12.9. The number of amides is 3. The summed E-state index contributed by atoms with van der Waals surface area (Å²) in [6, 6.07) is 5.66. The Balaban J connectivity index is 2.55. The monoisotopic (exact) mass is 629 g/mol. The Kier molecular flexibility index (Phi) is 13.8. The topological polar surface area (TPSA) is 131 Å². The number of carbonyl (C=O) groups excluding carboxylic acids is 5. The second-order valence-electron chi connectivity index (χ2n) is 10.6. The van der Waals surface area contributed by atoms with Crippen LogP contribution < -0.4 is 16.0 Å². The van der Waals surface area contributed by atoms with Gasteiger partial charge in [-0.15, -0.1) is 0 Å². The van der Waals surface area contributed by atoms with Crippen LogP contribution in [0.15, 0.2) is 24.3 Å². The zero-order valence-electron chi connectivity index (χ0n) is 22.6. The standard InChI is InChI=1S/C27H40IN3O6/c1-17(2)24(31-26(36)19-9-11-20(12-10-19)30-22(33)15-28)21(32)14-18(3)25(35)29-13-7-8-23(34)37-16-27(4,5)6/h9-12,17-18,24H,7-8,13-16H2,1-6H3,(H,29,35)(H,30,33)(H,31,36)/t18-,24+/m1/s1. The lowest BCUT2D eigenvalue weighted by Crippen LogP contribution is -2.45. The maximum Gasteiger partial charge on any atom is 0.305 e. The number of halogens is 1. The summed E-state index contributed by atoms with van der Waals surface area (Å²) in [4.78, 5) is 61.4. The molecule has 0 heterocycles. The lowest BCUT2D eigenvalue weighted by atomic mass is 9.92. The molecular weight excluding hydrogens is 589 g/mol. The molecule has 1 aromatic carbocycles. The minimum atomic E-state index is -0.751. The Morgan fingerprint density at radius 3 is 2.16 bits per heavy atom. The molecule has 3 amide bonds. The molecule has 0 fully saturated rings. The Morgan fingerprint density at radius 2 is 1.62 bits per heavy atom. The highest BCUT2D eigenvalue weighted by Crippen LogP contribution is 2.15. The first-order valence-corrected chi connectivity index (χ1v) is 14.0. The van der Waals surface area contributed by atoms with Crippen molar-refractivity contribution in [2.75, 3.05) is 22.9 Å². The summed E-state index contributed by atoms with van der Waals surface area (Å²) in [6.07, 6.45) is 0.626. The van der Waals surface area contributed by atoms with Gasteiger partial charge in [-0.1, -0.05) is 64.1 Å². The van der Waals surface area contributed by atoms with E-state index in [1.165, 1.54) is 0 Å². The minimum absolute atomic E-state index is 0.0240. The number of rotatable bonds is 14. The molecule has 0 radical (unpaired) electrons. The van der Waals surface area contributed by atoms with Gasteiger partial charge in [0.05, 0.1) is 17.1 Å². The number of esters is 1. The van der Waals surface area contributed by atoms with Crippen LogP contribution in [0, 0.1) is 17.3 Å². The van der Waals surface area contributed by atoms with Gasteiger partial charge in [-0.2, -0.15) is 0 Å². The summed E-state index contributed by atoms with van der Waals surface area (Å²) in [7, 11) is 0. The van der Waals surface area contributed by atoms with Crippen molar-refractivity contribution >= 4 is 57.8 Å². The van der Waals surface area contributed by atoms with Gasteiger partial charge in [0.25, 0.3) is 5.91 Å². The van der Waals surface area contributed by atoms with E-state index >= 15 is 0 Å². The van der Waals surface area contributed by atoms with E-state index in [2.05, 4.69) is 16.0 Å². The van der Waals surface area contributed by atoms with Crippen LogP contribution in [0.4, 0.5) is 5.69 Å². The van der Waals surface area contributed by atoms with Crippen LogP contribution in [0.1, 0.15) is 71.2 Å². The Hall–Kier alpha value is -2.50. The molecule has 0 aliphatic carbocycles. The van der Waals surface area contributed by atoms with Crippen molar-refractivity contribution in [1.82, 2.24) is 10.6 Å². The number of alkyl halides is 1. The van der Waals surface area contributed by atoms with E-state index in [0.29, 0.717) is 35.3 Å². The summed E-state index contributed by atoms with van der Waals surface area (Å²) in [5.74, 6) is -2.12. The fourth-order valence-electron chi connectivity index (χ4n) is 3.25. The van der Waals surface area contributed by atoms with E-state index in [0.717, 1.165) is 0 Å². The molecule has 2 atom stereocenters. The highest BCUT2D eigenvalue weighted by Gasteiger charge is 2.27. The molecule has 1 aromatic rings. The van der Waals surface area contributed by atoms with Crippen LogP contribution in [-0.4, -0.2) is 53.1 Å². The average Bonchev–Trinajstić information content (AvgIpc) is 2.83. The third-order valence-electron chi connectivity index (χ3n) is 5.33. The van der Waals surface area contributed by atoms with Crippen LogP contribution in [0.3, 0.4) is 0 Å². The summed E-state index contributed by atoms with van der Waals surface area (Å²) in [5, 5.41) is 8.24. The molecule has 10 heteroatoms. The molecule has 206 valence electrons. The van der Waals surface area contributed by atoms with E-state index in [4.69, 9.17) is 4.74 Å². The third-order valence-corrected chi connectivity index (χ3v) is 6.02. The van der Waals surface area contributed by atoms with Crippen molar-refractivity contribution in [3.8, 4) is 0 Å². The smallest absolute Gasteiger partial charge is 0.305 e. The quantitative estimate of drug-likeness (QED) is 0.124. The number of carbonyl (C=O) groups is 5. The first kappa shape index (κ1) is 32.5. The first-order valence-electron chi connectivity index (χ1n) is 12.5. The van der Waals surface area contributed by atoms with Crippen LogP contribution in [-0.2, 0) is 23.9 Å². The predicted molar refractivity (Wildman–Crippen MR) is 151 cm³/mol. The molecule has 3 N–H and O–H groups in total. The van der Waals surface area contributed by atoms with Gasteiger partial charge >= 0.3 is 5.97 Å². The van der Waals surface area contributed by atoms with Crippen LogP contribution in [0.5, 0.6) is 0 Å². The number of anilines is 1. The van der Waals surface area contributed by atoms with E-state index in [9.17, 15) is 24.0 Å². The van der Waals surface area contributed by atoms with Crippen molar-refractivity contribution in [2.24, 2.45) is 17.3 Å². The third kappa shape index (κ3) is 13.0. The number of hydrogen-bond acceptors (Lipinski definition) is 6. The summed E-state index contributed by atoms with van der Waals surface area (Å²) in [6.45, 7) is 11.9. The first-order chi connectivity index (χ1) is 17.2. The summed E-state index contributed by atoms with van der Waals surface area (Å²) in [5.41, 5.74) is 0.839. The summed E-state index contributed by atoms with van der Waals surface area (Å²) < 4.78 is 5.52. The van der Waals surface area contributed by atoms with Crippen LogP contribution in [0.25, 0.3) is 0 Å². The zero-order valence-corrected chi connectivity index (χ0v) is 24.8. The number of ketones is 1. The van der Waals surface area contributed by atoms with Gasteiger partial charge < -0.3 is 20.7 Å². The zero-order chi connectivity index (χ0) is 28.2. The fourth-order valence-corrected chi connectivity index (χ4v) is 3.44. The van der Waals surface area contributed by atoms with E-state index in [-0.39, 0.29) is 47.7 Å². The molecule has 0 aliphatic rings. The summed E-state index contributed by atoms with van der Waals surface area (Å²) >= 11 is 1.96. The predicted octanol–water partition coefficient (Wildman–Crippen LogP) is 3.90. The maximum atomic E-state index is 12.9. The van der Waals surface area contributed by atoms with Gasteiger partial charge in [0.15, 0.2) is 5.78 Å². The molecule has 0 aromatic heterocycles. The average molecular weight is 630 g/mol. The molecule has 0 unspecified atom stereocenters. The lowest BCUT2D eigenvalue weighted by Gasteiger charge is -2.23.